The lowest BCUT2D eigenvalue weighted by molar-refractivity contribution is -0.0381. The molecule has 1 N–H and O–H groups in total. The van der Waals surface area contributed by atoms with Crippen molar-refractivity contribution in [2.45, 2.75) is 38.8 Å². The zero-order valence-electron chi connectivity index (χ0n) is 16.0. The third kappa shape index (κ3) is 3.43. The topological polar surface area (TPSA) is 39.7 Å². The molecule has 4 rings (SSSR count). The normalized spacial score (nSPS) is 23.8. The first-order chi connectivity index (χ1) is 13.1. The van der Waals surface area contributed by atoms with Crippen LogP contribution in [-0.2, 0) is 4.74 Å². The van der Waals surface area contributed by atoms with Crippen LogP contribution in [0.5, 0.6) is 11.5 Å². The molecule has 0 bridgehead atoms. The van der Waals surface area contributed by atoms with Gasteiger partial charge in [-0.25, -0.2) is 0 Å². The minimum atomic E-state index is 0.135. The van der Waals surface area contributed by atoms with E-state index in [9.17, 15) is 0 Å². The minimum Gasteiger partial charge on any atom is -0.492 e. The maximum atomic E-state index is 6.26. The van der Waals surface area contributed by atoms with Gasteiger partial charge in [0.25, 0.3) is 0 Å². The van der Waals surface area contributed by atoms with Crippen LogP contribution in [-0.4, -0.2) is 20.3 Å². The third-order valence-corrected chi connectivity index (χ3v) is 6.10. The van der Waals surface area contributed by atoms with Crippen molar-refractivity contribution < 1.29 is 14.2 Å². The highest BCUT2D eigenvalue weighted by atomic mass is 79.9. The molecule has 2 aliphatic heterocycles. The summed E-state index contributed by atoms with van der Waals surface area (Å²) in [5, 5.41) is 3.78. The Hall–Kier alpha value is -1.72. The molecule has 144 valence electrons. The Kier molecular flexibility index (Phi) is 5.33. The lowest BCUT2D eigenvalue weighted by atomic mass is 9.77. The van der Waals surface area contributed by atoms with Gasteiger partial charge in [0.2, 0.25) is 0 Å². The number of fused-ring (bicyclic) bond motifs is 3. The zero-order chi connectivity index (χ0) is 19.0. The molecule has 2 heterocycles. The number of aryl methyl sites for hydroxylation is 1. The van der Waals surface area contributed by atoms with Gasteiger partial charge >= 0.3 is 0 Å². The molecule has 0 aliphatic carbocycles. The van der Waals surface area contributed by atoms with Crippen LogP contribution < -0.4 is 14.8 Å². The van der Waals surface area contributed by atoms with E-state index in [0.29, 0.717) is 12.5 Å². The van der Waals surface area contributed by atoms with Crippen molar-refractivity contribution in [3.63, 3.8) is 0 Å². The maximum Gasteiger partial charge on any atom is 0.174 e. The second-order valence-corrected chi connectivity index (χ2v) is 8.13. The Morgan fingerprint density at radius 2 is 2.11 bits per heavy atom. The number of nitrogens with one attached hydrogen (secondary N) is 1. The van der Waals surface area contributed by atoms with Crippen LogP contribution in [0.15, 0.2) is 34.8 Å². The Morgan fingerprint density at radius 1 is 1.26 bits per heavy atom. The molecule has 0 amide bonds. The van der Waals surface area contributed by atoms with Crippen LogP contribution >= 0.6 is 15.9 Å². The summed E-state index contributed by atoms with van der Waals surface area (Å²) >= 11 is 3.66. The van der Waals surface area contributed by atoms with E-state index in [0.717, 1.165) is 35.4 Å². The molecule has 0 radical (unpaired) electrons. The lowest BCUT2D eigenvalue weighted by Gasteiger charge is -2.43. The van der Waals surface area contributed by atoms with Gasteiger partial charge < -0.3 is 19.5 Å². The van der Waals surface area contributed by atoms with Gasteiger partial charge in [0.15, 0.2) is 11.5 Å². The Bertz CT molecular complexity index is 839. The van der Waals surface area contributed by atoms with Crippen molar-refractivity contribution in [3.05, 3.63) is 51.5 Å². The van der Waals surface area contributed by atoms with Crippen molar-refractivity contribution in [2.24, 2.45) is 5.92 Å². The Labute approximate surface area is 169 Å². The van der Waals surface area contributed by atoms with E-state index < -0.39 is 0 Å². The fraction of sp³-hybridized carbons (Fsp3) is 0.455. The van der Waals surface area contributed by atoms with Gasteiger partial charge in [0, 0.05) is 23.8 Å². The molecule has 5 heteroatoms. The lowest BCUT2D eigenvalue weighted by Crippen LogP contribution is -2.36. The summed E-state index contributed by atoms with van der Waals surface area (Å²) in [7, 11) is 1.67. The van der Waals surface area contributed by atoms with Crippen LogP contribution in [0.4, 0.5) is 5.69 Å². The van der Waals surface area contributed by atoms with E-state index in [1.807, 2.05) is 6.92 Å². The van der Waals surface area contributed by atoms with E-state index in [4.69, 9.17) is 14.2 Å². The molecule has 3 atom stereocenters. The summed E-state index contributed by atoms with van der Waals surface area (Å²) < 4.78 is 18.6. The average molecular weight is 432 g/mol. The van der Waals surface area contributed by atoms with Crippen LogP contribution in [0.2, 0.25) is 0 Å². The average Bonchev–Trinajstić information content (AvgIpc) is 2.67. The van der Waals surface area contributed by atoms with Gasteiger partial charge in [-0.15, -0.1) is 0 Å². The van der Waals surface area contributed by atoms with E-state index >= 15 is 0 Å². The number of benzene rings is 2. The molecule has 0 spiro atoms. The van der Waals surface area contributed by atoms with Crippen LogP contribution in [0, 0.1) is 12.8 Å². The first kappa shape index (κ1) is 18.6. The van der Waals surface area contributed by atoms with Crippen molar-refractivity contribution >= 4 is 21.6 Å². The second kappa shape index (κ2) is 7.72. The summed E-state index contributed by atoms with van der Waals surface area (Å²) in [5.74, 6) is 1.90. The molecule has 0 aromatic heterocycles. The molecule has 2 aliphatic rings. The first-order valence-electron chi connectivity index (χ1n) is 9.61. The van der Waals surface area contributed by atoms with Gasteiger partial charge in [0.1, 0.15) is 0 Å². The number of hydrogen-bond donors (Lipinski definition) is 1. The molecular formula is C22H26BrNO3. The van der Waals surface area contributed by atoms with E-state index in [-0.39, 0.29) is 12.1 Å². The summed E-state index contributed by atoms with van der Waals surface area (Å²) in [6, 6.07) is 11.0. The highest BCUT2D eigenvalue weighted by Gasteiger charge is 2.40. The molecule has 27 heavy (non-hydrogen) atoms. The van der Waals surface area contributed by atoms with Crippen LogP contribution in [0.3, 0.4) is 0 Å². The number of methoxy groups -OCH3 is 1. The predicted molar refractivity (Wildman–Crippen MR) is 111 cm³/mol. The molecule has 1 fully saturated rings. The largest absolute Gasteiger partial charge is 0.492 e. The van der Waals surface area contributed by atoms with Gasteiger partial charge in [-0.2, -0.15) is 0 Å². The highest BCUT2D eigenvalue weighted by molar-refractivity contribution is 9.10. The summed E-state index contributed by atoms with van der Waals surface area (Å²) in [4.78, 5) is 0. The SMILES string of the molecule is CCOc1cc(C2Nc3ccc(C)cc3[C@H]3OCCC[C@@H]23)cc(Br)c1OC. The minimum absolute atomic E-state index is 0.135. The molecule has 1 unspecified atom stereocenters. The molecule has 0 saturated carbocycles. The summed E-state index contributed by atoms with van der Waals surface area (Å²) in [6.07, 6.45) is 2.37. The van der Waals surface area contributed by atoms with E-state index in [1.54, 1.807) is 7.11 Å². The number of ether oxygens (including phenoxy) is 3. The quantitative estimate of drug-likeness (QED) is 0.663. The van der Waals surface area contributed by atoms with Crippen molar-refractivity contribution in [1.29, 1.82) is 0 Å². The smallest absolute Gasteiger partial charge is 0.174 e. The third-order valence-electron chi connectivity index (χ3n) is 5.52. The summed E-state index contributed by atoms with van der Waals surface area (Å²) in [6.45, 7) is 5.56. The maximum absolute atomic E-state index is 6.26. The highest BCUT2D eigenvalue weighted by Crippen LogP contribution is 2.50. The van der Waals surface area contributed by atoms with Gasteiger partial charge in [-0.05, 0) is 66.4 Å². The molecule has 2 aromatic carbocycles. The van der Waals surface area contributed by atoms with Crippen LogP contribution in [0.1, 0.15) is 48.6 Å². The molecule has 2 aromatic rings. The van der Waals surface area contributed by atoms with Crippen LogP contribution in [0.25, 0.3) is 0 Å². The fourth-order valence-electron chi connectivity index (χ4n) is 4.35. The fourth-order valence-corrected chi connectivity index (χ4v) is 4.97. The first-order valence-corrected chi connectivity index (χ1v) is 10.4. The Morgan fingerprint density at radius 3 is 2.89 bits per heavy atom. The summed E-state index contributed by atoms with van der Waals surface area (Å²) in [5.41, 5.74) is 4.91. The number of rotatable bonds is 4. The number of anilines is 1. The second-order valence-electron chi connectivity index (χ2n) is 7.28. The van der Waals surface area contributed by atoms with E-state index in [1.165, 1.54) is 22.4 Å². The molecule has 1 saturated heterocycles. The van der Waals surface area contributed by atoms with Gasteiger partial charge in [-0.3, -0.25) is 0 Å². The Balaban J connectivity index is 1.78. The number of halogens is 1. The standard InChI is InChI=1S/C22H26BrNO3/c1-4-26-19-12-14(11-17(23)22(19)25-3)20-15-6-5-9-27-21(15)16-10-13(2)7-8-18(16)24-20/h7-8,10-12,15,20-21,24H,4-6,9H2,1-3H3/t15-,20?,21-/m0/s1. The van der Waals surface area contributed by atoms with Gasteiger partial charge in [0.05, 0.1) is 30.3 Å². The number of hydrogen-bond acceptors (Lipinski definition) is 4. The van der Waals surface area contributed by atoms with Crippen molar-refractivity contribution in [2.75, 3.05) is 25.6 Å². The van der Waals surface area contributed by atoms with Crippen molar-refractivity contribution in [3.8, 4) is 11.5 Å². The molecular weight excluding hydrogens is 406 g/mol. The predicted octanol–water partition coefficient (Wildman–Crippen LogP) is 5.80. The van der Waals surface area contributed by atoms with E-state index in [2.05, 4.69) is 58.5 Å². The zero-order valence-corrected chi connectivity index (χ0v) is 17.6. The monoisotopic (exact) mass is 431 g/mol. The van der Waals surface area contributed by atoms with Crippen molar-refractivity contribution in [1.82, 2.24) is 0 Å². The van der Waals surface area contributed by atoms with Gasteiger partial charge in [-0.1, -0.05) is 17.7 Å². The molecule has 4 nitrogen and oxygen atoms in total.